The van der Waals surface area contributed by atoms with Gasteiger partial charge < -0.3 is 10.1 Å². The van der Waals surface area contributed by atoms with Crippen molar-refractivity contribution >= 4 is 22.5 Å². The van der Waals surface area contributed by atoms with Crippen LogP contribution in [0.15, 0.2) is 48.5 Å². The molecule has 2 heterocycles. The number of likely N-dealkylation sites (N-methyl/N-ethyl adjacent to an activating group) is 1. The maximum atomic E-state index is 13.4. The molecule has 1 N–H and O–H groups in total. The minimum absolute atomic E-state index is 0.111. The summed E-state index contributed by atoms with van der Waals surface area (Å²) >= 11 is 0. The number of carbonyl (C=O) groups excluding carboxylic acids is 1. The van der Waals surface area contributed by atoms with Crippen LogP contribution in [0.5, 0.6) is 5.75 Å². The zero-order chi connectivity index (χ0) is 19.5. The minimum Gasteiger partial charge on any atom is -0.492 e. The number of carbonyl (C=O) groups is 1. The molecule has 1 amide bonds. The first-order chi connectivity index (χ1) is 13.7. The van der Waals surface area contributed by atoms with E-state index in [9.17, 15) is 4.79 Å². The van der Waals surface area contributed by atoms with E-state index in [2.05, 4.69) is 17.1 Å². The molecule has 1 aromatic heterocycles. The molecule has 0 aliphatic carbocycles. The Kier molecular flexibility index (Phi) is 5.26. The molecule has 0 spiro atoms. The van der Waals surface area contributed by atoms with Gasteiger partial charge in [-0.2, -0.15) is 0 Å². The van der Waals surface area contributed by atoms with Crippen molar-refractivity contribution < 1.29 is 9.53 Å². The number of para-hydroxylation sites is 3. The molecule has 0 unspecified atom stereocenters. The Labute approximate surface area is 165 Å². The highest BCUT2D eigenvalue weighted by molar-refractivity contribution is 6.14. The van der Waals surface area contributed by atoms with Crippen molar-refractivity contribution in [2.45, 2.75) is 26.8 Å². The average molecular weight is 375 g/mol. The van der Waals surface area contributed by atoms with Gasteiger partial charge in [-0.15, -0.1) is 0 Å². The number of aromatic nitrogens is 1. The molecular weight excluding hydrogens is 350 g/mol. The maximum absolute atomic E-state index is 13.4. The Balaban J connectivity index is 1.80. The molecule has 28 heavy (non-hydrogen) atoms. The number of nitrogens with zero attached hydrogens (tertiary/aromatic N) is 2. The van der Waals surface area contributed by atoms with Gasteiger partial charge in [0.1, 0.15) is 5.75 Å². The van der Waals surface area contributed by atoms with Crippen LogP contribution in [0.2, 0.25) is 0 Å². The lowest BCUT2D eigenvalue weighted by molar-refractivity contribution is 0.102. The van der Waals surface area contributed by atoms with E-state index in [-0.39, 0.29) is 5.91 Å². The van der Waals surface area contributed by atoms with Crippen LogP contribution in [-0.2, 0) is 13.0 Å². The summed E-state index contributed by atoms with van der Waals surface area (Å²) in [7, 11) is 0. The summed E-state index contributed by atoms with van der Waals surface area (Å²) in [5, 5.41) is 3.97. The van der Waals surface area contributed by atoms with Gasteiger partial charge in [0.25, 0.3) is 5.91 Å². The molecule has 2 aromatic carbocycles. The van der Waals surface area contributed by atoms with E-state index in [1.54, 1.807) is 0 Å². The second-order valence-electron chi connectivity index (χ2n) is 6.93. The maximum Gasteiger partial charge on any atom is 0.256 e. The summed E-state index contributed by atoms with van der Waals surface area (Å²) < 4.78 is 5.67. The molecule has 0 fully saturated rings. The fourth-order valence-electron chi connectivity index (χ4n) is 3.81. The smallest absolute Gasteiger partial charge is 0.256 e. The first-order valence-corrected chi connectivity index (χ1v) is 9.87. The lowest BCUT2D eigenvalue weighted by atomic mass is 9.95. The van der Waals surface area contributed by atoms with Crippen molar-refractivity contribution in [2.75, 3.05) is 25.0 Å². The molecule has 3 aromatic rings. The first kappa shape index (κ1) is 18.4. The number of pyridine rings is 1. The quantitative estimate of drug-likeness (QED) is 0.724. The predicted octanol–water partition coefficient (Wildman–Crippen LogP) is 4.26. The molecule has 4 rings (SSSR count). The van der Waals surface area contributed by atoms with Crippen LogP contribution in [0.3, 0.4) is 0 Å². The van der Waals surface area contributed by atoms with E-state index < -0.39 is 0 Å². The lowest BCUT2D eigenvalue weighted by Crippen LogP contribution is -2.33. The van der Waals surface area contributed by atoms with Gasteiger partial charge in [-0.25, -0.2) is 0 Å². The molecule has 5 nitrogen and oxygen atoms in total. The number of hydrogen-bond acceptors (Lipinski definition) is 4. The van der Waals surface area contributed by atoms with Gasteiger partial charge in [-0.3, -0.25) is 14.7 Å². The molecule has 0 radical (unpaired) electrons. The Hall–Kier alpha value is -2.92. The Morgan fingerprint density at radius 3 is 2.75 bits per heavy atom. The second-order valence-corrected chi connectivity index (χ2v) is 6.93. The van der Waals surface area contributed by atoms with Crippen molar-refractivity contribution in [1.82, 2.24) is 9.88 Å². The molecule has 1 aliphatic rings. The molecular formula is C23H25N3O2. The van der Waals surface area contributed by atoms with Crippen molar-refractivity contribution in [3.05, 3.63) is 65.4 Å². The number of hydrogen-bond donors (Lipinski definition) is 1. The number of ether oxygens (including phenoxy) is 1. The van der Waals surface area contributed by atoms with Gasteiger partial charge in [-0.1, -0.05) is 37.3 Å². The van der Waals surface area contributed by atoms with Crippen LogP contribution in [0.1, 0.15) is 35.5 Å². The van der Waals surface area contributed by atoms with Crippen LogP contribution in [0.4, 0.5) is 5.69 Å². The molecule has 0 saturated carbocycles. The van der Waals surface area contributed by atoms with Crippen LogP contribution in [0.25, 0.3) is 10.9 Å². The summed E-state index contributed by atoms with van der Waals surface area (Å²) in [4.78, 5) is 20.6. The molecule has 0 saturated heterocycles. The second kappa shape index (κ2) is 7.98. The third kappa shape index (κ3) is 3.45. The van der Waals surface area contributed by atoms with E-state index >= 15 is 0 Å². The molecule has 5 heteroatoms. The van der Waals surface area contributed by atoms with E-state index in [1.807, 2.05) is 55.5 Å². The lowest BCUT2D eigenvalue weighted by Gasteiger charge is -2.29. The molecule has 1 aliphatic heterocycles. The van der Waals surface area contributed by atoms with Gasteiger partial charge in [-0.05, 0) is 31.7 Å². The highest BCUT2D eigenvalue weighted by Crippen LogP contribution is 2.30. The number of anilines is 1. The van der Waals surface area contributed by atoms with Crippen molar-refractivity contribution in [3.63, 3.8) is 0 Å². The van der Waals surface area contributed by atoms with E-state index in [4.69, 9.17) is 9.72 Å². The van der Waals surface area contributed by atoms with Crippen molar-refractivity contribution in [1.29, 1.82) is 0 Å². The van der Waals surface area contributed by atoms with Gasteiger partial charge in [0.2, 0.25) is 0 Å². The Morgan fingerprint density at radius 1 is 1.14 bits per heavy atom. The monoisotopic (exact) mass is 375 g/mol. The molecule has 0 atom stereocenters. The third-order valence-electron chi connectivity index (χ3n) is 5.23. The van der Waals surface area contributed by atoms with Crippen LogP contribution in [0, 0.1) is 0 Å². The van der Waals surface area contributed by atoms with Gasteiger partial charge >= 0.3 is 0 Å². The third-order valence-corrected chi connectivity index (χ3v) is 5.23. The average Bonchev–Trinajstić information content (AvgIpc) is 2.73. The zero-order valence-electron chi connectivity index (χ0n) is 16.4. The van der Waals surface area contributed by atoms with E-state index in [0.717, 1.165) is 53.8 Å². The number of rotatable bonds is 5. The fourth-order valence-corrected chi connectivity index (χ4v) is 3.81. The first-order valence-electron chi connectivity index (χ1n) is 9.87. The summed E-state index contributed by atoms with van der Waals surface area (Å²) in [6.07, 6.45) is 0.865. The number of fused-ring (bicyclic) bond motifs is 2. The molecule has 144 valence electrons. The Morgan fingerprint density at radius 2 is 1.93 bits per heavy atom. The summed E-state index contributed by atoms with van der Waals surface area (Å²) in [6.45, 7) is 7.32. The van der Waals surface area contributed by atoms with Crippen LogP contribution in [-0.4, -0.2) is 35.5 Å². The minimum atomic E-state index is -0.111. The topological polar surface area (TPSA) is 54.5 Å². The Bertz CT molecular complexity index is 1020. The largest absolute Gasteiger partial charge is 0.492 e. The van der Waals surface area contributed by atoms with Gasteiger partial charge in [0, 0.05) is 36.2 Å². The number of benzene rings is 2. The van der Waals surface area contributed by atoms with Gasteiger partial charge in [0.05, 0.1) is 23.4 Å². The summed E-state index contributed by atoms with van der Waals surface area (Å²) in [5.74, 6) is 0.570. The molecule has 0 bridgehead atoms. The van der Waals surface area contributed by atoms with E-state index in [0.29, 0.717) is 18.0 Å². The van der Waals surface area contributed by atoms with Gasteiger partial charge in [0.15, 0.2) is 0 Å². The SMILES string of the molecule is CCOc1ccccc1NC(=O)c1c2c(nc3ccccc13)CCN(CC)C2. The highest BCUT2D eigenvalue weighted by atomic mass is 16.5. The van der Waals surface area contributed by atoms with E-state index in [1.165, 1.54) is 0 Å². The van der Waals surface area contributed by atoms with Crippen LogP contribution < -0.4 is 10.1 Å². The fraction of sp³-hybridized carbons (Fsp3) is 0.304. The van der Waals surface area contributed by atoms with Crippen molar-refractivity contribution in [3.8, 4) is 5.75 Å². The number of nitrogens with one attached hydrogen (secondary N) is 1. The number of amides is 1. The highest BCUT2D eigenvalue weighted by Gasteiger charge is 2.25. The summed E-state index contributed by atoms with van der Waals surface area (Å²) in [6, 6.07) is 15.4. The summed E-state index contributed by atoms with van der Waals surface area (Å²) in [5.41, 5.74) is 4.36. The van der Waals surface area contributed by atoms with Crippen LogP contribution >= 0.6 is 0 Å². The zero-order valence-corrected chi connectivity index (χ0v) is 16.4. The van der Waals surface area contributed by atoms with Crippen molar-refractivity contribution in [2.24, 2.45) is 0 Å². The predicted molar refractivity (Wildman–Crippen MR) is 112 cm³/mol. The standard InChI is InChI=1S/C23H25N3O2/c1-3-26-14-13-19-17(15-26)22(16-9-5-6-10-18(16)24-19)23(27)25-20-11-7-8-12-21(20)28-4-2/h5-12H,3-4,13-15H2,1-2H3,(H,25,27). The normalized spacial score (nSPS) is 13.9.